The standard InChI is InChI=1S/C54H32O2/c1-2-13-34(14-3-1)53-39-15-5-4-12-33(39)24-27-44(53)54-42-20-10-18-37(35-25-28-51-47(30-35)40-16-6-8-22-49(40)55-51)45(42)32-46-38(19-11-21-43(46)54)36-26-29-52-48(31-36)41-17-7-9-23-50(41)56-52/h1-32H. The second-order valence-electron chi connectivity index (χ2n) is 14.7. The van der Waals surface area contributed by atoms with E-state index in [-0.39, 0.29) is 0 Å². The molecule has 260 valence electrons. The normalized spacial score (nSPS) is 11.9. The zero-order chi connectivity index (χ0) is 36.7. The summed E-state index contributed by atoms with van der Waals surface area (Å²) in [5, 5.41) is 11.8. The van der Waals surface area contributed by atoms with Gasteiger partial charge in [0.15, 0.2) is 0 Å². The molecule has 2 aromatic heterocycles. The van der Waals surface area contributed by atoms with Crippen molar-refractivity contribution in [3.05, 3.63) is 194 Å². The third-order valence-corrected chi connectivity index (χ3v) is 11.7. The molecule has 10 aromatic carbocycles. The van der Waals surface area contributed by atoms with Gasteiger partial charge in [0, 0.05) is 21.5 Å². The lowest BCUT2D eigenvalue weighted by molar-refractivity contribution is 0.668. The fraction of sp³-hybridized carbons (Fsp3) is 0. The largest absolute Gasteiger partial charge is 0.456 e. The van der Waals surface area contributed by atoms with Crippen molar-refractivity contribution >= 4 is 76.2 Å². The molecular formula is C54H32O2. The van der Waals surface area contributed by atoms with Crippen LogP contribution in [0.1, 0.15) is 0 Å². The van der Waals surface area contributed by atoms with Crippen molar-refractivity contribution in [2.45, 2.75) is 0 Å². The highest BCUT2D eigenvalue weighted by molar-refractivity contribution is 6.22. The van der Waals surface area contributed by atoms with Gasteiger partial charge in [0.1, 0.15) is 22.3 Å². The van der Waals surface area contributed by atoms with E-state index in [2.05, 4.69) is 170 Å². The van der Waals surface area contributed by atoms with Crippen LogP contribution >= 0.6 is 0 Å². The first-order valence-electron chi connectivity index (χ1n) is 19.2. The number of furan rings is 2. The van der Waals surface area contributed by atoms with Crippen molar-refractivity contribution in [1.29, 1.82) is 0 Å². The summed E-state index contributed by atoms with van der Waals surface area (Å²) in [4.78, 5) is 0. The van der Waals surface area contributed by atoms with Gasteiger partial charge in [-0.3, -0.25) is 0 Å². The Morgan fingerprint density at radius 3 is 1.34 bits per heavy atom. The lowest BCUT2D eigenvalue weighted by atomic mass is 9.82. The van der Waals surface area contributed by atoms with Crippen molar-refractivity contribution in [3.63, 3.8) is 0 Å². The fourth-order valence-corrected chi connectivity index (χ4v) is 9.14. The summed E-state index contributed by atoms with van der Waals surface area (Å²) in [5.41, 5.74) is 13.2. The van der Waals surface area contributed by atoms with E-state index in [1.54, 1.807) is 0 Å². The summed E-state index contributed by atoms with van der Waals surface area (Å²) < 4.78 is 12.5. The van der Waals surface area contributed by atoms with E-state index >= 15 is 0 Å². The smallest absolute Gasteiger partial charge is 0.135 e. The summed E-state index contributed by atoms with van der Waals surface area (Å²) in [6.07, 6.45) is 0. The van der Waals surface area contributed by atoms with Gasteiger partial charge < -0.3 is 8.83 Å². The Morgan fingerprint density at radius 1 is 0.232 bits per heavy atom. The molecule has 0 saturated heterocycles. The van der Waals surface area contributed by atoms with Crippen LogP contribution in [-0.4, -0.2) is 0 Å². The minimum atomic E-state index is 0.898. The summed E-state index contributed by atoms with van der Waals surface area (Å²) in [7, 11) is 0. The van der Waals surface area contributed by atoms with E-state index in [4.69, 9.17) is 8.83 Å². The van der Waals surface area contributed by atoms with E-state index in [0.717, 1.165) is 55.0 Å². The van der Waals surface area contributed by atoms with E-state index < -0.39 is 0 Å². The Kier molecular flexibility index (Phi) is 6.66. The first kappa shape index (κ1) is 31.0. The van der Waals surface area contributed by atoms with Gasteiger partial charge >= 0.3 is 0 Å². The molecule has 56 heavy (non-hydrogen) atoms. The quantitative estimate of drug-likeness (QED) is 0.170. The van der Waals surface area contributed by atoms with E-state index in [1.807, 2.05) is 24.3 Å². The molecule has 0 aliphatic rings. The average Bonchev–Trinajstić information content (AvgIpc) is 3.83. The molecule has 0 amide bonds. The van der Waals surface area contributed by atoms with Gasteiger partial charge in [-0.15, -0.1) is 0 Å². The number of para-hydroxylation sites is 2. The maximum Gasteiger partial charge on any atom is 0.135 e. The van der Waals surface area contributed by atoms with Gasteiger partial charge in [-0.2, -0.15) is 0 Å². The molecular weight excluding hydrogens is 681 g/mol. The third-order valence-electron chi connectivity index (χ3n) is 11.7. The number of hydrogen-bond acceptors (Lipinski definition) is 2. The van der Waals surface area contributed by atoms with Gasteiger partial charge in [0.05, 0.1) is 0 Å². The van der Waals surface area contributed by atoms with Gasteiger partial charge in [-0.05, 0) is 119 Å². The molecule has 2 heteroatoms. The van der Waals surface area contributed by atoms with Crippen LogP contribution in [0.25, 0.3) is 121 Å². The van der Waals surface area contributed by atoms with Crippen molar-refractivity contribution < 1.29 is 8.83 Å². The molecule has 0 bridgehead atoms. The molecule has 12 rings (SSSR count). The van der Waals surface area contributed by atoms with Crippen molar-refractivity contribution in [2.24, 2.45) is 0 Å². The topological polar surface area (TPSA) is 26.3 Å². The lowest BCUT2D eigenvalue weighted by Crippen LogP contribution is -1.93. The van der Waals surface area contributed by atoms with Crippen molar-refractivity contribution in [3.8, 4) is 44.5 Å². The first-order valence-corrected chi connectivity index (χ1v) is 19.2. The van der Waals surface area contributed by atoms with Crippen LogP contribution < -0.4 is 0 Å². The molecule has 0 unspecified atom stereocenters. The molecule has 0 saturated carbocycles. The summed E-state index contributed by atoms with van der Waals surface area (Å²) in [6.45, 7) is 0. The molecule has 0 spiro atoms. The highest BCUT2D eigenvalue weighted by Gasteiger charge is 2.21. The van der Waals surface area contributed by atoms with Gasteiger partial charge in [0.2, 0.25) is 0 Å². The average molecular weight is 713 g/mol. The Hall–Kier alpha value is -7.42. The minimum absolute atomic E-state index is 0.898. The molecule has 0 fully saturated rings. The molecule has 0 aliphatic carbocycles. The third kappa shape index (κ3) is 4.63. The van der Waals surface area contributed by atoms with Gasteiger partial charge in [-0.25, -0.2) is 0 Å². The van der Waals surface area contributed by atoms with Gasteiger partial charge in [-0.1, -0.05) is 152 Å². The van der Waals surface area contributed by atoms with Crippen LogP contribution in [0, 0.1) is 0 Å². The highest BCUT2D eigenvalue weighted by Crippen LogP contribution is 2.48. The molecule has 0 radical (unpaired) electrons. The second kappa shape index (κ2) is 12.0. The summed E-state index contributed by atoms with van der Waals surface area (Å²) in [6, 6.07) is 70.1. The second-order valence-corrected chi connectivity index (χ2v) is 14.7. The van der Waals surface area contributed by atoms with Crippen LogP contribution in [0.15, 0.2) is 203 Å². The van der Waals surface area contributed by atoms with Gasteiger partial charge in [0.25, 0.3) is 0 Å². The Labute approximate surface area is 322 Å². The monoisotopic (exact) mass is 712 g/mol. The predicted octanol–water partition coefficient (Wildman–Crippen LogP) is 15.6. The van der Waals surface area contributed by atoms with E-state index in [0.29, 0.717) is 0 Å². The maximum absolute atomic E-state index is 6.27. The van der Waals surface area contributed by atoms with Crippen molar-refractivity contribution in [1.82, 2.24) is 0 Å². The Bertz CT molecular complexity index is 3360. The zero-order valence-corrected chi connectivity index (χ0v) is 30.3. The van der Waals surface area contributed by atoms with Crippen LogP contribution in [0.3, 0.4) is 0 Å². The van der Waals surface area contributed by atoms with Crippen LogP contribution in [0.2, 0.25) is 0 Å². The number of benzene rings is 10. The first-order chi connectivity index (χ1) is 27.8. The molecule has 12 aromatic rings. The van der Waals surface area contributed by atoms with Crippen LogP contribution in [0.5, 0.6) is 0 Å². The molecule has 0 aliphatic heterocycles. The Balaban J connectivity index is 1.21. The molecule has 0 N–H and O–H groups in total. The SMILES string of the molecule is c1ccc(-c2c(-c3c4cccc(-c5ccc6oc7ccccc7c6c5)c4cc4c(-c5ccc6oc7ccccc7c6c5)cccc34)ccc3ccccc23)cc1. The molecule has 0 atom stereocenters. The number of hydrogen-bond donors (Lipinski definition) is 0. The van der Waals surface area contributed by atoms with Crippen LogP contribution in [0.4, 0.5) is 0 Å². The molecule has 2 heterocycles. The number of fused-ring (bicyclic) bond motifs is 9. The van der Waals surface area contributed by atoms with E-state index in [9.17, 15) is 0 Å². The van der Waals surface area contributed by atoms with Crippen molar-refractivity contribution in [2.75, 3.05) is 0 Å². The van der Waals surface area contributed by atoms with Crippen LogP contribution in [-0.2, 0) is 0 Å². The Morgan fingerprint density at radius 2 is 0.732 bits per heavy atom. The zero-order valence-electron chi connectivity index (χ0n) is 30.3. The fourth-order valence-electron chi connectivity index (χ4n) is 9.14. The summed E-state index contributed by atoms with van der Waals surface area (Å²) >= 11 is 0. The predicted molar refractivity (Wildman–Crippen MR) is 235 cm³/mol. The number of rotatable bonds is 4. The van der Waals surface area contributed by atoms with E-state index in [1.165, 1.54) is 65.7 Å². The highest BCUT2D eigenvalue weighted by atomic mass is 16.3. The maximum atomic E-state index is 6.27. The lowest BCUT2D eigenvalue weighted by Gasteiger charge is -2.20. The summed E-state index contributed by atoms with van der Waals surface area (Å²) in [5.74, 6) is 0. The molecule has 2 nitrogen and oxygen atoms in total. The minimum Gasteiger partial charge on any atom is -0.456 e.